The van der Waals surface area contributed by atoms with Crippen molar-refractivity contribution in [3.63, 3.8) is 0 Å². The number of hydrogen-bond donors (Lipinski definition) is 1. The van der Waals surface area contributed by atoms with Gasteiger partial charge in [-0.2, -0.15) is 5.26 Å². The quantitative estimate of drug-likeness (QED) is 0.530. The maximum Gasteiger partial charge on any atom is 0.142 e. The van der Waals surface area contributed by atoms with Crippen molar-refractivity contribution in [1.29, 1.82) is 5.26 Å². The Balaban J connectivity index is 2.49. The van der Waals surface area contributed by atoms with E-state index in [0.29, 0.717) is 11.4 Å². The molecular formula is C23H31N3. The lowest BCUT2D eigenvalue weighted by Gasteiger charge is -2.18. The van der Waals surface area contributed by atoms with E-state index in [-0.39, 0.29) is 0 Å². The topological polar surface area (TPSA) is 62.7 Å². The highest BCUT2D eigenvalue weighted by Crippen LogP contribution is 2.34. The number of nitrogens with two attached hydrogens (primary N) is 1. The van der Waals surface area contributed by atoms with Crippen LogP contribution in [0.1, 0.15) is 75.6 Å². The molecule has 0 aliphatic rings. The third-order valence-electron chi connectivity index (χ3n) is 4.88. The molecule has 0 unspecified atom stereocenters. The Morgan fingerprint density at radius 3 is 2.23 bits per heavy atom. The van der Waals surface area contributed by atoms with Gasteiger partial charge in [0.05, 0.1) is 0 Å². The van der Waals surface area contributed by atoms with Crippen LogP contribution in [0.5, 0.6) is 0 Å². The van der Waals surface area contributed by atoms with Crippen molar-refractivity contribution in [3.05, 3.63) is 47.2 Å². The van der Waals surface area contributed by atoms with Gasteiger partial charge >= 0.3 is 0 Å². The summed E-state index contributed by atoms with van der Waals surface area (Å²) in [7, 11) is 0. The molecular weight excluding hydrogens is 318 g/mol. The average Bonchev–Trinajstić information content (AvgIpc) is 2.67. The molecule has 0 aliphatic heterocycles. The van der Waals surface area contributed by atoms with Crippen LogP contribution in [0.25, 0.3) is 11.1 Å². The fourth-order valence-electron chi connectivity index (χ4n) is 3.48. The molecule has 0 atom stereocenters. The lowest BCUT2D eigenvalue weighted by Crippen LogP contribution is -2.08. The number of unbranched alkanes of at least 4 members (excludes halogenated alkanes) is 5. The summed E-state index contributed by atoms with van der Waals surface area (Å²) in [5.74, 6) is 0.371. The summed E-state index contributed by atoms with van der Waals surface area (Å²) in [6.07, 6.45) is 10.2. The summed E-state index contributed by atoms with van der Waals surface area (Å²) in [5, 5.41) is 9.72. The lowest BCUT2D eigenvalue weighted by atomic mass is 9.89. The summed E-state index contributed by atoms with van der Waals surface area (Å²) in [6, 6.07) is 12.5. The fraction of sp³-hybridized carbons (Fsp3) is 0.478. The van der Waals surface area contributed by atoms with Crippen LogP contribution in [-0.4, -0.2) is 4.98 Å². The molecule has 3 heteroatoms. The standard InChI is InChI=1S/C23H31N3/c1-3-5-7-12-16-21-19(15-9-6-4-2)22(18-13-10-8-11-14-18)20(17-24)23(25)26-21/h8,10-11,13-14H,3-7,9,12,15-16H2,1-2H3,(H2,25,26). The Kier molecular flexibility index (Phi) is 8.15. The van der Waals surface area contributed by atoms with Crippen molar-refractivity contribution in [2.45, 2.75) is 71.6 Å². The molecule has 0 radical (unpaired) electrons. The third-order valence-corrected chi connectivity index (χ3v) is 4.88. The van der Waals surface area contributed by atoms with Crippen LogP contribution in [0.15, 0.2) is 30.3 Å². The van der Waals surface area contributed by atoms with Gasteiger partial charge < -0.3 is 5.73 Å². The van der Waals surface area contributed by atoms with E-state index >= 15 is 0 Å². The van der Waals surface area contributed by atoms with Gasteiger partial charge in [-0.05, 0) is 36.8 Å². The first-order valence-electron chi connectivity index (χ1n) is 9.99. The van der Waals surface area contributed by atoms with Gasteiger partial charge in [0.15, 0.2) is 0 Å². The van der Waals surface area contributed by atoms with Gasteiger partial charge in [0.25, 0.3) is 0 Å². The molecule has 2 aromatic rings. The predicted molar refractivity (Wildman–Crippen MR) is 110 cm³/mol. The number of nitriles is 1. The molecule has 0 aliphatic carbocycles. The van der Waals surface area contributed by atoms with Crippen LogP contribution in [0, 0.1) is 11.3 Å². The van der Waals surface area contributed by atoms with Crippen LogP contribution < -0.4 is 5.73 Å². The summed E-state index contributed by atoms with van der Waals surface area (Å²) in [4.78, 5) is 4.66. The van der Waals surface area contributed by atoms with Gasteiger partial charge in [-0.25, -0.2) is 4.98 Å². The van der Waals surface area contributed by atoms with E-state index in [1.165, 1.54) is 37.7 Å². The molecule has 1 heterocycles. The average molecular weight is 350 g/mol. The number of pyridine rings is 1. The molecule has 0 amide bonds. The Morgan fingerprint density at radius 1 is 0.923 bits per heavy atom. The van der Waals surface area contributed by atoms with E-state index in [1.54, 1.807) is 0 Å². The second-order valence-electron chi connectivity index (χ2n) is 6.92. The number of nitrogen functional groups attached to an aromatic ring is 1. The van der Waals surface area contributed by atoms with Crippen molar-refractivity contribution in [1.82, 2.24) is 4.98 Å². The Morgan fingerprint density at radius 2 is 1.58 bits per heavy atom. The number of aryl methyl sites for hydroxylation is 1. The monoisotopic (exact) mass is 349 g/mol. The molecule has 0 fully saturated rings. The van der Waals surface area contributed by atoms with Crippen molar-refractivity contribution in [3.8, 4) is 17.2 Å². The molecule has 0 saturated carbocycles. The maximum absolute atomic E-state index is 9.72. The minimum absolute atomic E-state index is 0.371. The van der Waals surface area contributed by atoms with Gasteiger partial charge in [-0.1, -0.05) is 76.3 Å². The second-order valence-corrected chi connectivity index (χ2v) is 6.92. The number of aromatic nitrogens is 1. The third kappa shape index (κ3) is 5.08. The van der Waals surface area contributed by atoms with Crippen LogP contribution >= 0.6 is 0 Å². The summed E-state index contributed by atoms with van der Waals surface area (Å²) in [5.41, 5.74) is 11.1. The van der Waals surface area contributed by atoms with Gasteiger partial charge in [-0.15, -0.1) is 0 Å². The highest BCUT2D eigenvalue weighted by molar-refractivity contribution is 5.79. The molecule has 2 N–H and O–H groups in total. The first kappa shape index (κ1) is 20.0. The minimum Gasteiger partial charge on any atom is -0.383 e. The number of benzene rings is 1. The zero-order valence-corrected chi connectivity index (χ0v) is 16.2. The van der Waals surface area contributed by atoms with Crippen LogP contribution in [-0.2, 0) is 12.8 Å². The number of anilines is 1. The van der Waals surface area contributed by atoms with Crippen LogP contribution in [0.4, 0.5) is 5.82 Å². The van der Waals surface area contributed by atoms with E-state index in [0.717, 1.165) is 42.5 Å². The van der Waals surface area contributed by atoms with E-state index in [2.05, 4.69) is 37.0 Å². The van der Waals surface area contributed by atoms with E-state index < -0.39 is 0 Å². The smallest absolute Gasteiger partial charge is 0.142 e. The predicted octanol–water partition coefficient (Wildman–Crippen LogP) is 6.06. The van der Waals surface area contributed by atoms with E-state index in [4.69, 9.17) is 5.73 Å². The van der Waals surface area contributed by atoms with Crippen LogP contribution in [0.3, 0.4) is 0 Å². The molecule has 1 aromatic carbocycles. The van der Waals surface area contributed by atoms with Crippen molar-refractivity contribution in [2.75, 3.05) is 5.73 Å². The first-order chi connectivity index (χ1) is 12.7. The van der Waals surface area contributed by atoms with Crippen LogP contribution in [0.2, 0.25) is 0 Å². The normalized spacial score (nSPS) is 10.7. The number of nitrogens with zero attached hydrogens (tertiary/aromatic N) is 2. The minimum atomic E-state index is 0.371. The molecule has 26 heavy (non-hydrogen) atoms. The molecule has 1 aromatic heterocycles. The Labute approximate surface area is 158 Å². The zero-order valence-electron chi connectivity index (χ0n) is 16.2. The molecule has 3 nitrogen and oxygen atoms in total. The summed E-state index contributed by atoms with van der Waals surface area (Å²) < 4.78 is 0. The van der Waals surface area contributed by atoms with E-state index in [1.807, 2.05) is 18.2 Å². The molecule has 0 saturated heterocycles. The van der Waals surface area contributed by atoms with Gasteiger partial charge in [0.2, 0.25) is 0 Å². The van der Waals surface area contributed by atoms with Gasteiger partial charge in [0.1, 0.15) is 17.5 Å². The molecule has 0 spiro atoms. The van der Waals surface area contributed by atoms with Gasteiger partial charge in [-0.3, -0.25) is 0 Å². The number of hydrogen-bond acceptors (Lipinski definition) is 3. The summed E-state index contributed by atoms with van der Waals surface area (Å²) >= 11 is 0. The highest BCUT2D eigenvalue weighted by atomic mass is 14.9. The lowest BCUT2D eigenvalue weighted by molar-refractivity contribution is 0.653. The largest absolute Gasteiger partial charge is 0.383 e. The summed E-state index contributed by atoms with van der Waals surface area (Å²) in [6.45, 7) is 4.44. The van der Waals surface area contributed by atoms with Crippen molar-refractivity contribution >= 4 is 5.82 Å². The zero-order chi connectivity index (χ0) is 18.8. The second kappa shape index (κ2) is 10.6. The fourth-order valence-corrected chi connectivity index (χ4v) is 3.48. The Hall–Kier alpha value is -2.34. The van der Waals surface area contributed by atoms with Crippen molar-refractivity contribution in [2.24, 2.45) is 0 Å². The Bertz CT molecular complexity index is 729. The maximum atomic E-state index is 9.72. The first-order valence-corrected chi connectivity index (χ1v) is 9.99. The van der Waals surface area contributed by atoms with E-state index in [9.17, 15) is 5.26 Å². The molecule has 0 bridgehead atoms. The highest BCUT2D eigenvalue weighted by Gasteiger charge is 2.19. The van der Waals surface area contributed by atoms with Gasteiger partial charge in [0, 0.05) is 11.3 Å². The molecule has 2 rings (SSSR count). The molecule has 138 valence electrons. The van der Waals surface area contributed by atoms with Crippen molar-refractivity contribution < 1.29 is 0 Å². The number of rotatable bonds is 10. The SMILES string of the molecule is CCCCCCc1nc(N)c(C#N)c(-c2ccccc2)c1CCCCC.